The number of hydrogen-bond acceptors (Lipinski definition) is 4. The third-order valence-electron chi connectivity index (χ3n) is 4.07. The summed E-state index contributed by atoms with van der Waals surface area (Å²) in [5.74, 6) is 0.925. The van der Waals surface area contributed by atoms with Crippen LogP contribution in [0.25, 0.3) is 0 Å². The van der Waals surface area contributed by atoms with Gasteiger partial charge in [0.1, 0.15) is 5.75 Å². The van der Waals surface area contributed by atoms with Crippen molar-refractivity contribution in [1.82, 2.24) is 15.2 Å². The zero-order valence-corrected chi connectivity index (χ0v) is 15.4. The molecule has 1 atom stereocenters. The molecule has 0 aliphatic carbocycles. The molecule has 1 fully saturated rings. The number of ether oxygens (including phenoxy) is 1. The smallest absolute Gasteiger partial charge is 0.137 e. The highest BCUT2D eigenvalue weighted by Gasteiger charge is 2.24. The minimum absolute atomic E-state index is 0. The fourth-order valence-electron chi connectivity index (χ4n) is 2.98. The van der Waals surface area contributed by atoms with E-state index in [0.29, 0.717) is 6.04 Å². The summed E-state index contributed by atoms with van der Waals surface area (Å²) in [6.07, 6.45) is 3.73. The lowest BCUT2D eigenvalue weighted by Crippen LogP contribution is -2.45. The normalized spacial score (nSPS) is 18.3. The van der Waals surface area contributed by atoms with Crippen LogP contribution in [0.2, 0.25) is 0 Å². The zero-order chi connectivity index (χ0) is 15.4. The Kier molecular flexibility index (Phi) is 6.84. The first-order valence-electron chi connectivity index (χ1n) is 7.45. The topological polar surface area (TPSA) is 37.4 Å². The molecule has 1 saturated heterocycles. The number of methoxy groups -OCH3 is 1. The molecule has 124 valence electrons. The standard InChI is InChI=1S/C17H20BrN3O.ClH/c1-22-17-14(3-2-4-15(17)18)12-21-10-9-20-11-16(21)13-5-7-19-8-6-13;/h2-8,16,20H,9-12H2,1H3;1H. The molecule has 23 heavy (non-hydrogen) atoms. The minimum Gasteiger partial charge on any atom is -0.495 e. The summed E-state index contributed by atoms with van der Waals surface area (Å²) >= 11 is 3.57. The maximum absolute atomic E-state index is 5.56. The number of benzene rings is 1. The fourth-order valence-corrected chi connectivity index (χ4v) is 3.54. The van der Waals surface area contributed by atoms with Gasteiger partial charge in [-0.3, -0.25) is 9.88 Å². The average molecular weight is 399 g/mol. The van der Waals surface area contributed by atoms with Crippen LogP contribution in [-0.4, -0.2) is 36.6 Å². The number of piperazine rings is 1. The summed E-state index contributed by atoms with van der Waals surface area (Å²) in [4.78, 5) is 6.62. The number of nitrogens with zero attached hydrogens (tertiary/aromatic N) is 2. The van der Waals surface area contributed by atoms with Crippen LogP contribution in [0.4, 0.5) is 0 Å². The molecule has 0 radical (unpaired) electrons. The number of hydrogen-bond donors (Lipinski definition) is 1. The molecule has 6 heteroatoms. The first-order chi connectivity index (χ1) is 10.8. The van der Waals surface area contributed by atoms with Gasteiger partial charge in [-0.1, -0.05) is 12.1 Å². The molecule has 2 heterocycles. The second-order valence-electron chi connectivity index (χ2n) is 5.40. The highest BCUT2D eigenvalue weighted by Crippen LogP contribution is 2.32. The lowest BCUT2D eigenvalue weighted by Gasteiger charge is -2.36. The van der Waals surface area contributed by atoms with Crippen molar-refractivity contribution in [2.45, 2.75) is 12.6 Å². The number of rotatable bonds is 4. The first-order valence-corrected chi connectivity index (χ1v) is 8.25. The molecule has 1 unspecified atom stereocenters. The van der Waals surface area contributed by atoms with E-state index in [2.05, 4.69) is 55.4 Å². The Balaban J connectivity index is 0.00000192. The Bertz CT molecular complexity index is 626. The van der Waals surface area contributed by atoms with Crippen molar-refractivity contribution in [3.8, 4) is 5.75 Å². The van der Waals surface area contributed by atoms with Gasteiger partial charge in [0.25, 0.3) is 0 Å². The monoisotopic (exact) mass is 397 g/mol. The van der Waals surface area contributed by atoms with E-state index >= 15 is 0 Å². The van der Waals surface area contributed by atoms with Crippen LogP contribution in [0, 0.1) is 0 Å². The van der Waals surface area contributed by atoms with E-state index in [0.717, 1.165) is 36.4 Å². The molecule has 4 nitrogen and oxygen atoms in total. The van der Waals surface area contributed by atoms with Crippen molar-refractivity contribution in [1.29, 1.82) is 0 Å². The van der Waals surface area contributed by atoms with E-state index in [-0.39, 0.29) is 12.4 Å². The summed E-state index contributed by atoms with van der Waals surface area (Å²) in [5.41, 5.74) is 2.51. The van der Waals surface area contributed by atoms with Gasteiger partial charge in [0.05, 0.1) is 11.6 Å². The van der Waals surface area contributed by atoms with Gasteiger partial charge in [-0.25, -0.2) is 0 Å². The van der Waals surface area contributed by atoms with Crippen LogP contribution in [0.3, 0.4) is 0 Å². The summed E-state index contributed by atoms with van der Waals surface area (Å²) in [6.45, 7) is 3.86. The predicted molar refractivity (Wildman–Crippen MR) is 98.2 cm³/mol. The molecule has 0 spiro atoms. The molecule has 1 aromatic heterocycles. The third-order valence-corrected chi connectivity index (χ3v) is 4.70. The van der Waals surface area contributed by atoms with Gasteiger partial charge < -0.3 is 10.1 Å². The third kappa shape index (κ3) is 4.23. The first kappa shape index (κ1) is 18.2. The highest BCUT2D eigenvalue weighted by atomic mass is 79.9. The van der Waals surface area contributed by atoms with E-state index in [1.807, 2.05) is 18.5 Å². The fraction of sp³-hybridized carbons (Fsp3) is 0.353. The molecular formula is C17H21BrClN3O. The minimum atomic E-state index is 0. The maximum atomic E-state index is 5.56. The Morgan fingerprint density at radius 3 is 2.83 bits per heavy atom. The average Bonchev–Trinajstić information content (AvgIpc) is 2.56. The highest BCUT2D eigenvalue weighted by molar-refractivity contribution is 9.10. The summed E-state index contributed by atoms with van der Waals surface area (Å²) < 4.78 is 6.56. The quantitative estimate of drug-likeness (QED) is 0.856. The van der Waals surface area contributed by atoms with Gasteiger partial charge >= 0.3 is 0 Å². The second-order valence-corrected chi connectivity index (χ2v) is 6.26. The molecule has 1 aliphatic heterocycles. The number of aromatic nitrogens is 1. The van der Waals surface area contributed by atoms with Crippen LogP contribution < -0.4 is 10.1 Å². The van der Waals surface area contributed by atoms with E-state index in [9.17, 15) is 0 Å². The van der Waals surface area contributed by atoms with Gasteiger partial charge in [0, 0.05) is 50.2 Å². The predicted octanol–water partition coefficient (Wildman–Crippen LogP) is 3.42. The molecule has 1 aliphatic rings. The SMILES string of the molecule is COc1c(Br)cccc1CN1CCNCC1c1ccncc1.Cl. The van der Waals surface area contributed by atoms with Crippen molar-refractivity contribution in [2.75, 3.05) is 26.7 Å². The van der Waals surface area contributed by atoms with Gasteiger partial charge in [0.15, 0.2) is 0 Å². The summed E-state index contributed by atoms with van der Waals surface area (Å²) in [5, 5.41) is 3.49. The van der Waals surface area contributed by atoms with E-state index in [1.54, 1.807) is 7.11 Å². The Morgan fingerprint density at radius 1 is 1.30 bits per heavy atom. The van der Waals surface area contributed by atoms with Gasteiger partial charge in [-0.2, -0.15) is 0 Å². The van der Waals surface area contributed by atoms with Crippen molar-refractivity contribution >= 4 is 28.3 Å². The molecular weight excluding hydrogens is 378 g/mol. The molecule has 0 saturated carbocycles. The van der Waals surface area contributed by atoms with Crippen molar-refractivity contribution < 1.29 is 4.74 Å². The molecule has 3 rings (SSSR count). The number of nitrogens with one attached hydrogen (secondary N) is 1. The summed E-state index contributed by atoms with van der Waals surface area (Å²) in [6, 6.07) is 10.8. The molecule has 1 N–H and O–H groups in total. The molecule has 2 aromatic rings. The molecule has 0 amide bonds. The largest absolute Gasteiger partial charge is 0.495 e. The van der Waals surface area contributed by atoms with Crippen LogP contribution in [0.15, 0.2) is 47.2 Å². The van der Waals surface area contributed by atoms with Gasteiger partial charge in [-0.05, 0) is 39.7 Å². The number of halogens is 2. The maximum Gasteiger partial charge on any atom is 0.137 e. The lowest BCUT2D eigenvalue weighted by molar-refractivity contribution is 0.152. The van der Waals surface area contributed by atoms with Crippen LogP contribution in [-0.2, 0) is 6.54 Å². The van der Waals surface area contributed by atoms with E-state index < -0.39 is 0 Å². The molecule has 1 aromatic carbocycles. The van der Waals surface area contributed by atoms with E-state index in [1.165, 1.54) is 11.1 Å². The van der Waals surface area contributed by atoms with Crippen LogP contribution in [0.1, 0.15) is 17.2 Å². The Morgan fingerprint density at radius 2 is 2.09 bits per heavy atom. The zero-order valence-electron chi connectivity index (χ0n) is 13.0. The van der Waals surface area contributed by atoms with Gasteiger partial charge in [-0.15, -0.1) is 12.4 Å². The van der Waals surface area contributed by atoms with Crippen molar-refractivity contribution in [3.05, 3.63) is 58.3 Å². The summed E-state index contributed by atoms with van der Waals surface area (Å²) in [7, 11) is 1.72. The van der Waals surface area contributed by atoms with E-state index in [4.69, 9.17) is 4.74 Å². The van der Waals surface area contributed by atoms with Crippen LogP contribution in [0.5, 0.6) is 5.75 Å². The van der Waals surface area contributed by atoms with Crippen LogP contribution >= 0.6 is 28.3 Å². The van der Waals surface area contributed by atoms with Gasteiger partial charge in [0.2, 0.25) is 0 Å². The number of para-hydroxylation sites is 1. The molecule has 0 bridgehead atoms. The Labute approximate surface area is 151 Å². The number of pyridine rings is 1. The lowest BCUT2D eigenvalue weighted by atomic mass is 10.0. The Hall–Kier alpha value is -1.14. The van der Waals surface area contributed by atoms with Crippen molar-refractivity contribution in [2.24, 2.45) is 0 Å². The van der Waals surface area contributed by atoms with Crippen molar-refractivity contribution in [3.63, 3.8) is 0 Å². The second kappa shape index (κ2) is 8.64.